The standard InChI is InChI=1S/C10H15NOS/c1-7(2)11-6-8-3-4-13-9(8)5-10(11)12/h5,7-8H,3-4,6H2,1-2H3. The summed E-state index contributed by atoms with van der Waals surface area (Å²) in [6, 6.07) is 0.343. The first-order valence-corrected chi connectivity index (χ1v) is 5.82. The molecule has 1 amide bonds. The van der Waals surface area contributed by atoms with Gasteiger partial charge in [-0.05, 0) is 30.9 Å². The smallest absolute Gasteiger partial charge is 0.247 e. The number of amides is 1. The highest BCUT2D eigenvalue weighted by molar-refractivity contribution is 8.03. The SMILES string of the molecule is CC(C)N1CC2CCSC2=CC1=O. The number of rotatable bonds is 1. The second-order valence-electron chi connectivity index (χ2n) is 3.97. The molecule has 3 heteroatoms. The minimum absolute atomic E-state index is 0.204. The molecule has 1 atom stereocenters. The molecule has 2 heterocycles. The van der Waals surface area contributed by atoms with Gasteiger partial charge >= 0.3 is 0 Å². The fourth-order valence-corrected chi connectivity index (χ4v) is 3.17. The van der Waals surface area contributed by atoms with Crippen LogP contribution in [0.2, 0.25) is 0 Å². The fourth-order valence-electron chi connectivity index (χ4n) is 1.92. The summed E-state index contributed by atoms with van der Waals surface area (Å²) in [4.78, 5) is 14.9. The molecule has 2 aliphatic heterocycles. The number of carbonyl (C=O) groups is 1. The Balaban J connectivity index is 2.18. The van der Waals surface area contributed by atoms with Gasteiger partial charge in [-0.3, -0.25) is 4.79 Å². The van der Waals surface area contributed by atoms with Crippen molar-refractivity contribution in [2.45, 2.75) is 26.3 Å². The van der Waals surface area contributed by atoms with Crippen LogP contribution in [0.25, 0.3) is 0 Å². The molecule has 0 radical (unpaired) electrons. The summed E-state index contributed by atoms with van der Waals surface area (Å²) < 4.78 is 0. The summed E-state index contributed by atoms with van der Waals surface area (Å²) in [5.74, 6) is 2.04. The molecule has 0 bridgehead atoms. The van der Waals surface area contributed by atoms with Crippen LogP contribution in [0.1, 0.15) is 20.3 Å². The molecular formula is C10H15NOS. The van der Waals surface area contributed by atoms with E-state index in [1.807, 2.05) is 22.7 Å². The van der Waals surface area contributed by atoms with Gasteiger partial charge in [0, 0.05) is 24.6 Å². The lowest BCUT2D eigenvalue weighted by Gasteiger charge is -2.32. The zero-order chi connectivity index (χ0) is 9.42. The van der Waals surface area contributed by atoms with Gasteiger partial charge in [0.1, 0.15) is 0 Å². The summed E-state index contributed by atoms with van der Waals surface area (Å²) in [5.41, 5.74) is 0. The van der Waals surface area contributed by atoms with Gasteiger partial charge < -0.3 is 4.90 Å². The van der Waals surface area contributed by atoms with Crippen LogP contribution >= 0.6 is 11.8 Å². The maximum Gasteiger partial charge on any atom is 0.247 e. The van der Waals surface area contributed by atoms with Crippen LogP contribution in [0.5, 0.6) is 0 Å². The topological polar surface area (TPSA) is 20.3 Å². The third kappa shape index (κ3) is 1.62. The van der Waals surface area contributed by atoms with Gasteiger partial charge in [-0.2, -0.15) is 0 Å². The lowest BCUT2D eigenvalue weighted by atomic mass is 10.0. The first-order chi connectivity index (χ1) is 6.18. The van der Waals surface area contributed by atoms with E-state index in [9.17, 15) is 4.79 Å². The number of hydrogen-bond acceptors (Lipinski definition) is 2. The van der Waals surface area contributed by atoms with Crippen molar-refractivity contribution in [1.29, 1.82) is 0 Å². The van der Waals surface area contributed by atoms with Gasteiger partial charge in [-0.25, -0.2) is 0 Å². The number of hydrogen-bond donors (Lipinski definition) is 0. The molecule has 0 aromatic rings. The third-order valence-electron chi connectivity index (χ3n) is 2.73. The van der Waals surface area contributed by atoms with Crippen molar-refractivity contribution in [1.82, 2.24) is 4.90 Å². The van der Waals surface area contributed by atoms with Gasteiger partial charge in [0.25, 0.3) is 0 Å². The maximum atomic E-state index is 11.6. The molecule has 1 fully saturated rings. The van der Waals surface area contributed by atoms with Gasteiger partial charge in [0.2, 0.25) is 5.91 Å². The molecule has 2 aliphatic rings. The van der Waals surface area contributed by atoms with E-state index in [2.05, 4.69) is 13.8 Å². The predicted molar refractivity (Wildman–Crippen MR) is 55.5 cm³/mol. The van der Waals surface area contributed by atoms with Crippen molar-refractivity contribution in [2.75, 3.05) is 12.3 Å². The highest BCUT2D eigenvalue weighted by atomic mass is 32.2. The molecule has 2 rings (SSSR count). The Morgan fingerprint density at radius 2 is 2.38 bits per heavy atom. The lowest BCUT2D eigenvalue weighted by Crippen LogP contribution is -2.42. The zero-order valence-electron chi connectivity index (χ0n) is 8.12. The van der Waals surface area contributed by atoms with E-state index >= 15 is 0 Å². The Bertz CT molecular complexity index is 260. The lowest BCUT2D eigenvalue weighted by molar-refractivity contribution is -0.128. The van der Waals surface area contributed by atoms with E-state index in [0.29, 0.717) is 12.0 Å². The Morgan fingerprint density at radius 1 is 1.62 bits per heavy atom. The zero-order valence-corrected chi connectivity index (χ0v) is 8.93. The summed E-state index contributed by atoms with van der Waals surface area (Å²) in [7, 11) is 0. The Hall–Kier alpha value is -0.440. The Labute approximate surface area is 83.4 Å². The van der Waals surface area contributed by atoms with Gasteiger partial charge in [0.05, 0.1) is 0 Å². The molecule has 0 spiro atoms. The van der Waals surface area contributed by atoms with Crippen LogP contribution < -0.4 is 0 Å². The van der Waals surface area contributed by atoms with Crippen LogP contribution in [-0.2, 0) is 4.79 Å². The molecule has 72 valence electrons. The average molecular weight is 197 g/mol. The normalized spacial score (nSPS) is 27.9. The van der Waals surface area contributed by atoms with Crippen LogP contribution in [0.15, 0.2) is 11.0 Å². The molecule has 0 aliphatic carbocycles. The number of fused-ring (bicyclic) bond motifs is 1. The van der Waals surface area contributed by atoms with Crippen LogP contribution in [0, 0.1) is 5.92 Å². The van der Waals surface area contributed by atoms with Crippen molar-refractivity contribution in [3.05, 3.63) is 11.0 Å². The monoisotopic (exact) mass is 197 g/mol. The van der Waals surface area contributed by atoms with E-state index in [1.54, 1.807) is 0 Å². The second kappa shape index (κ2) is 3.37. The fraction of sp³-hybridized carbons (Fsp3) is 0.700. The van der Waals surface area contributed by atoms with Crippen LogP contribution in [0.3, 0.4) is 0 Å². The molecule has 1 unspecified atom stereocenters. The first-order valence-electron chi connectivity index (χ1n) is 4.83. The molecule has 0 N–H and O–H groups in total. The number of nitrogens with zero attached hydrogens (tertiary/aromatic N) is 1. The largest absolute Gasteiger partial charge is 0.336 e. The van der Waals surface area contributed by atoms with Gasteiger partial charge in [0.15, 0.2) is 0 Å². The number of thioether (sulfide) groups is 1. The highest BCUT2D eigenvalue weighted by Crippen LogP contribution is 2.39. The highest BCUT2D eigenvalue weighted by Gasteiger charge is 2.31. The third-order valence-corrected chi connectivity index (χ3v) is 3.95. The quantitative estimate of drug-likeness (QED) is 0.639. The molecule has 2 nitrogen and oxygen atoms in total. The summed E-state index contributed by atoms with van der Waals surface area (Å²) in [5, 5.41) is 0. The maximum absolute atomic E-state index is 11.6. The van der Waals surface area contributed by atoms with E-state index in [4.69, 9.17) is 0 Å². The van der Waals surface area contributed by atoms with Crippen molar-refractivity contribution in [3.8, 4) is 0 Å². The first kappa shape index (κ1) is 9.13. The van der Waals surface area contributed by atoms with Crippen LogP contribution in [0.4, 0.5) is 0 Å². The van der Waals surface area contributed by atoms with Crippen molar-refractivity contribution >= 4 is 17.7 Å². The van der Waals surface area contributed by atoms with Crippen molar-refractivity contribution < 1.29 is 4.79 Å². The molecule has 0 saturated carbocycles. The predicted octanol–water partition coefficient (Wildman–Crippen LogP) is 1.87. The van der Waals surface area contributed by atoms with Gasteiger partial charge in [-0.1, -0.05) is 0 Å². The second-order valence-corrected chi connectivity index (χ2v) is 5.13. The van der Waals surface area contributed by atoms with Crippen molar-refractivity contribution in [3.63, 3.8) is 0 Å². The molecule has 1 saturated heterocycles. The van der Waals surface area contributed by atoms with Crippen LogP contribution in [-0.4, -0.2) is 29.1 Å². The van der Waals surface area contributed by atoms with E-state index < -0.39 is 0 Å². The Kier molecular flexibility index (Phi) is 2.37. The minimum atomic E-state index is 0.204. The molecular weight excluding hydrogens is 182 g/mol. The van der Waals surface area contributed by atoms with E-state index in [-0.39, 0.29) is 5.91 Å². The van der Waals surface area contributed by atoms with E-state index in [1.165, 1.54) is 17.1 Å². The minimum Gasteiger partial charge on any atom is -0.336 e. The Morgan fingerprint density at radius 3 is 3.08 bits per heavy atom. The van der Waals surface area contributed by atoms with Gasteiger partial charge in [-0.15, -0.1) is 11.8 Å². The summed E-state index contributed by atoms with van der Waals surface area (Å²) in [6.07, 6.45) is 3.08. The molecule has 0 aromatic heterocycles. The average Bonchev–Trinajstić information content (AvgIpc) is 2.48. The summed E-state index contributed by atoms with van der Waals surface area (Å²) in [6.45, 7) is 5.10. The number of carbonyl (C=O) groups excluding carboxylic acids is 1. The van der Waals surface area contributed by atoms with E-state index in [0.717, 1.165) is 6.54 Å². The molecule has 13 heavy (non-hydrogen) atoms. The summed E-state index contributed by atoms with van der Waals surface area (Å²) >= 11 is 1.86. The molecule has 0 aromatic carbocycles. The van der Waals surface area contributed by atoms with Crippen molar-refractivity contribution in [2.24, 2.45) is 5.92 Å².